The lowest BCUT2D eigenvalue weighted by atomic mass is 10.4. The van der Waals surface area contributed by atoms with Gasteiger partial charge in [0.25, 0.3) is 0 Å². The third kappa shape index (κ3) is 8.00. The molecule has 0 aromatic carbocycles. The number of esters is 2. The van der Waals surface area contributed by atoms with E-state index in [2.05, 4.69) is 15.6 Å². The van der Waals surface area contributed by atoms with Crippen LogP contribution in [0, 0.1) is 0 Å². The number of carbonyl (C=O) groups is 3. The lowest BCUT2D eigenvalue weighted by Gasteiger charge is -2.13. The molecule has 1 amide bonds. The van der Waals surface area contributed by atoms with Crippen molar-refractivity contribution in [3.63, 3.8) is 0 Å². The number of imidazole rings is 1. The molecule has 1 rings (SSSR count). The maximum Gasteiger partial charge on any atom is 0.413 e. The van der Waals surface area contributed by atoms with E-state index in [1.165, 1.54) is 17.8 Å². The summed E-state index contributed by atoms with van der Waals surface area (Å²) in [6.07, 6.45) is 0.601. The van der Waals surface area contributed by atoms with Crippen molar-refractivity contribution in [1.82, 2.24) is 14.9 Å². The monoisotopic (exact) mass is 402 g/mol. The summed E-state index contributed by atoms with van der Waals surface area (Å²) in [6.45, 7) is 5.15. The highest BCUT2D eigenvalue weighted by molar-refractivity contribution is 7.80. The normalized spacial score (nSPS) is 10.0. The van der Waals surface area contributed by atoms with Gasteiger partial charge in [0.05, 0.1) is 26.1 Å². The van der Waals surface area contributed by atoms with Gasteiger partial charge in [-0.1, -0.05) is 0 Å². The van der Waals surface area contributed by atoms with Crippen LogP contribution in [0.25, 0.3) is 0 Å². The highest BCUT2D eigenvalue weighted by Crippen LogP contribution is 2.16. The van der Waals surface area contributed by atoms with Gasteiger partial charge in [0.15, 0.2) is 10.8 Å². The number of nitrogens with zero attached hydrogens (tertiary/aromatic N) is 2. The minimum atomic E-state index is -0.739. The van der Waals surface area contributed by atoms with Crippen LogP contribution in [0.2, 0.25) is 0 Å². The second-order valence-corrected chi connectivity index (χ2v) is 5.22. The van der Waals surface area contributed by atoms with Crippen molar-refractivity contribution in [2.45, 2.75) is 27.5 Å². The van der Waals surface area contributed by atoms with Gasteiger partial charge in [-0.25, -0.2) is 14.6 Å². The van der Waals surface area contributed by atoms with Gasteiger partial charge in [-0.3, -0.25) is 14.7 Å². The number of hydrogen-bond donors (Lipinski definition) is 2. The minimum Gasteiger partial charge on any atom is -0.463 e. The van der Waals surface area contributed by atoms with Crippen molar-refractivity contribution in [3.8, 4) is 0 Å². The van der Waals surface area contributed by atoms with Crippen molar-refractivity contribution in [1.29, 1.82) is 0 Å². The number of ether oxygens (including phenoxy) is 4. The molecular formula is C15H22N4O7S. The van der Waals surface area contributed by atoms with E-state index in [0.29, 0.717) is 0 Å². The van der Waals surface area contributed by atoms with Crippen molar-refractivity contribution in [2.75, 3.05) is 31.7 Å². The molecule has 0 bridgehead atoms. The fourth-order valence-corrected chi connectivity index (χ4v) is 1.95. The zero-order chi connectivity index (χ0) is 20.2. The lowest BCUT2D eigenvalue weighted by molar-refractivity contribution is -0.142. The molecule has 27 heavy (non-hydrogen) atoms. The Morgan fingerprint density at radius 3 is 2.48 bits per heavy atom. The largest absolute Gasteiger partial charge is 0.463 e. The summed E-state index contributed by atoms with van der Waals surface area (Å²) < 4.78 is 21.2. The first-order chi connectivity index (χ1) is 12.9. The molecule has 12 heteroatoms. The number of hydrogen-bond acceptors (Lipinski definition) is 9. The van der Waals surface area contributed by atoms with Crippen LogP contribution in [0.1, 0.15) is 31.3 Å². The fourth-order valence-electron chi connectivity index (χ4n) is 1.77. The first kappa shape index (κ1) is 22.3. The van der Waals surface area contributed by atoms with Gasteiger partial charge < -0.3 is 24.3 Å². The molecule has 0 spiro atoms. The summed E-state index contributed by atoms with van der Waals surface area (Å²) in [5, 5.41) is 4.91. The Bertz CT molecular complexity index is 677. The molecule has 1 heterocycles. The van der Waals surface area contributed by atoms with E-state index in [1.807, 2.05) is 0 Å². The van der Waals surface area contributed by atoms with E-state index in [0.717, 1.165) is 0 Å². The summed E-state index contributed by atoms with van der Waals surface area (Å²) >= 11 is 5.03. The molecule has 0 fully saturated rings. The topological polar surface area (TPSA) is 130 Å². The van der Waals surface area contributed by atoms with Crippen LogP contribution in [0.3, 0.4) is 0 Å². The molecule has 0 aliphatic heterocycles. The smallest absolute Gasteiger partial charge is 0.413 e. The summed E-state index contributed by atoms with van der Waals surface area (Å²) in [5.74, 6) is -0.913. The molecule has 150 valence electrons. The van der Waals surface area contributed by atoms with E-state index in [9.17, 15) is 14.4 Å². The fraction of sp³-hybridized carbons (Fsp3) is 0.533. The van der Waals surface area contributed by atoms with Gasteiger partial charge in [-0.15, -0.1) is 0 Å². The highest BCUT2D eigenvalue weighted by Gasteiger charge is 2.21. The maximum absolute atomic E-state index is 12.0. The number of rotatable bonds is 9. The Balaban J connectivity index is 2.80. The Morgan fingerprint density at radius 2 is 1.85 bits per heavy atom. The predicted molar refractivity (Wildman–Crippen MR) is 97.1 cm³/mol. The average Bonchev–Trinajstić information content (AvgIpc) is 2.97. The van der Waals surface area contributed by atoms with E-state index >= 15 is 0 Å². The zero-order valence-corrected chi connectivity index (χ0v) is 16.1. The second kappa shape index (κ2) is 11.8. The van der Waals surface area contributed by atoms with E-state index in [1.54, 1.807) is 13.8 Å². The first-order valence-corrected chi connectivity index (χ1v) is 8.47. The number of anilines is 1. The van der Waals surface area contributed by atoms with E-state index in [-0.39, 0.29) is 49.8 Å². The van der Waals surface area contributed by atoms with Gasteiger partial charge in [-0.2, -0.15) is 0 Å². The molecule has 0 atom stereocenters. The maximum atomic E-state index is 12.0. The summed E-state index contributed by atoms with van der Waals surface area (Å²) in [5.41, 5.74) is -0.0338. The van der Waals surface area contributed by atoms with Crippen molar-refractivity contribution in [3.05, 3.63) is 12.0 Å². The molecule has 2 N–H and O–H groups in total. The molecule has 0 saturated heterocycles. The Hall–Kier alpha value is -2.73. The molecule has 1 aromatic heterocycles. The lowest BCUT2D eigenvalue weighted by Crippen LogP contribution is -2.35. The van der Waals surface area contributed by atoms with Gasteiger partial charge in [0.1, 0.15) is 19.2 Å². The number of amides is 1. The molecular weight excluding hydrogens is 380 g/mol. The zero-order valence-electron chi connectivity index (χ0n) is 15.3. The quantitative estimate of drug-likeness (QED) is 0.267. The second-order valence-electron chi connectivity index (χ2n) is 4.81. The standard InChI is InChI=1S/C15H22N4O7S/c1-4-24-13(21)11-12(17-14(27)18-15(22)25-5-2)19(8-16-11)9-23-6-7-26-10(3)20/h8H,4-7,9H2,1-3H3,(H2,17,18,22,27). The molecule has 0 aliphatic carbocycles. The molecule has 0 saturated carbocycles. The first-order valence-electron chi connectivity index (χ1n) is 8.07. The Morgan fingerprint density at radius 1 is 1.15 bits per heavy atom. The molecule has 0 radical (unpaired) electrons. The van der Waals surface area contributed by atoms with Gasteiger partial charge >= 0.3 is 18.0 Å². The number of carbonyl (C=O) groups excluding carboxylic acids is 3. The van der Waals surface area contributed by atoms with Crippen LogP contribution in [-0.2, 0) is 30.5 Å². The predicted octanol–water partition coefficient (Wildman–Crippen LogP) is 1.04. The number of alkyl carbamates (subject to hydrolysis) is 1. The van der Waals surface area contributed by atoms with Crippen LogP contribution in [0.15, 0.2) is 6.33 Å². The SMILES string of the molecule is CCOC(=O)NC(=S)Nc1c(C(=O)OCC)ncn1COCCOC(C)=O. The molecule has 1 aromatic rings. The average molecular weight is 402 g/mol. The molecule has 0 aliphatic rings. The minimum absolute atomic E-state index is 0.0159. The number of nitrogens with one attached hydrogen (secondary N) is 2. The highest BCUT2D eigenvalue weighted by atomic mass is 32.1. The van der Waals surface area contributed by atoms with E-state index in [4.69, 9.17) is 31.2 Å². The number of thiocarbonyl (C=S) groups is 1. The molecule has 11 nitrogen and oxygen atoms in total. The van der Waals surface area contributed by atoms with Crippen LogP contribution < -0.4 is 10.6 Å². The third-order valence-corrected chi connectivity index (χ3v) is 3.00. The van der Waals surface area contributed by atoms with Crippen molar-refractivity contribution >= 4 is 41.2 Å². The number of aromatic nitrogens is 2. The van der Waals surface area contributed by atoms with Gasteiger partial charge in [-0.05, 0) is 26.1 Å². The van der Waals surface area contributed by atoms with Crippen molar-refractivity contribution < 1.29 is 33.3 Å². The molecule has 0 unspecified atom stereocenters. The Kier molecular flexibility index (Phi) is 9.75. The summed E-state index contributed by atoms with van der Waals surface area (Å²) in [6, 6.07) is 0. The Labute approximate surface area is 161 Å². The van der Waals surface area contributed by atoms with Crippen LogP contribution >= 0.6 is 12.2 Å². The van der Waals surface area contributed by atoms with Crippen LogP contribution in [0.5, 0.6) is 0 Å². The van der Waals surface area contributed by atoms with Gasteiger partial charge in [0, 0.05) is 6.92 Å². The third-order valence-electron chi connectivity index (χ3n) is 2.79. The van der Waals surface area contributed by atoms with Crippen LogP contribution in [0.4, 0.5) is 10.6 Å². The van der Waals surface area contributed by atoms with Crippen LogP contribution in [-0.4, -0.2) is 59.1 Å². The van der Waals surface area contributed by atoms with E-state index < -0.39 is 18.0 Å². The van der Waals surface area contributed by atoms with Crippen molar-refractivity contribution in [2.24, 2.45) is 0 Å². The van der Waals surface area contributed by atoms with Gasteiger partial charge in [0.2, 0.25) is 0 Å². The summed E-state index contributed by atoms with van der Waals surface area (Å²) in [7, 11) is 0. The summed E-state index contributed by atoms with van der Waals surface area (Å²) in [4.78, 5) is 38.2.